The highest BCUT2D eigenvalue weighted by molar-refractivity contribution is 7.92. The summed E-state index contributed by atoms with van der Waals surface area (Å²) >= 11 is 1.66. The third-order valence-electron chi connectivity index (χ3n) is 5.73. The van der Waals surface area contributed by atoms with Gasteiger partial charge in [-0.1, -0.05) is 6.07 Å². The number of likely N-dealkylation sites (tertiary alicyclic amines) is 1. The van der Waals surface area contributed by atoms with E-state index in [-0.39, 0.29) is 11.2 Å². The maximum Gasteiger partial charge on any atom is 0.183 e. The Labute approximate surface area is 163 Å². The predicted octanol–water partition coefficient (Wildman–Crippen LogP) is 3.39. The summed E-state index contributed by atoms with van der Waals surface area (Å²) in [4.78, 5) is 2.79. The van der Waals surface area contributed by atoms with Crippen molar-refractivity contribution in [1.29, 1.82) is 0 Å². The molecule has 5 nitrogen and oxygen atoms in total. The van der Waals surface area contributed by atoms with Gasteiger partial charge in [0.2, 0.25) is 0 Å². The minimum absolute atomic E-state index is 0.0600. The lowest BCUT2D eigenvalue weighted by Gasteiger charge is -2.16. The average Bonchev–Trinajstić information content (AvgIpc) is 3.43. The molecule has 2 aromatic heterocycles. The molecule has 2 aliphatic heterocycles. The van der Waals surface area contributed by atoms with Crippen molar-refractivity contribution in [3.63, 3.8) is 0 Å². The SMILES string of the molecule is CCn1cc(CN2C[C@@H]3c4cc(-c5ccsc5)ccc4S(=O)(=O)[C@@H]3C2)cn1. The van der Waals surface area contributed by atoms with Gasteiger partial charge >= 0.3 is 0 Å². The van der Waals surface area contributed by atoms with E-state index in [1.807, 2.05) is 29.2 Å². The molecule has 0 spiro atoms. The number of nitrogens with zero attached hydrogens (tertiary/aromatic N) is 3. The van der Waals surface area contributed by atoms with Crippen molar-refractivity contribution in [2.24, 2.45) is 0 Å². The summed E-state index contributed by atoms with van der Waals surface area (Å²) in [6.45, 7) is 5.03. The average molecular weight is 400 g/mol. The van der Waals surface area contributed by atoms with E-state index in [0.717, 1.165) is 41.9 Å². The Kier molecular flexibility index (Phi) is 4.00. The van der Waals surface area contributed by atoms with Crippen LogP contribution in [-0.4, -0.2) is 41.4 Å². The van der Waals surface area contributed by atoms with Gasteiger partial charge in [0.15, 0.2) is 9.84 Å². The Morgan fingerprint density at radius 2 is 2.11 bits per heavy atom. The lowest BCUT2D eigenvalue weighted by molar-refractivity contribution is 0.325. The molecule has 4 heterocycles. The number of aryl methyl sites for hydroxylation is 1. The van der Waals surface area contributed by atoms with Gasteiger partial charge in [-0.05, 0) is 52.6 Å². The van der Waals surface area contributed by atoms with Crippen LogP contribution in [0.15, 0.2) is 52.3 Å². The van der Waals surface area contributed by atoms with Gasteiger partial charge in [0.1, 0.15) is 0 Å². The van der Waals surface area contributed by atoms with E-state index in [2.05, 4.69) is 39.8 Å². The second-order valence-electron chi connectivity index (χ2n) is 7.35. The zero-order valence-electron chi connectivity index (χ0n) is 15.1. The van der Waals surface area contributed by atoms with Gasteiger partial charge in [0.05, 0.1) is 16.3 Å². The fourth-order valence-electron chi connectivity index (χ4n) is 4.38. The quantitative estimate of drug-likeness (QED) is 0.675. The molecule has 27 heavy (non-hydrogen) atoms. The molecule has 2 aliphatic rings. The molecule has 0 aliphatic carbocycles. The standard InChI is InChI=1S/C20H21N3O2S2/c1-2-23-10-14(8-21-23)9-22-11-18-17-7-15(16-5-6-26-13-16)3-4-19(17)27(24,25)20(18)12-22/h3-8,10,13,18,20H,2,9,11-12H2,1H3/t18-,20-/m1/s1. The maximum absolute atomic E-state index is 13.1. The summed E-state index contributed by atoms with van der Waals surface area (Å²) < 4.78 is 28.0. The summed E-state index contributed by atoms with van der Waals surface area (Å²) in [5, 5.41) is 8.16. The molecule has 0 N–H and O–H groups in total. The van der Waals surface area contributed by atoms with Gasteiger partial charge in [-0.25, -0.2) is 8.42 Å². The van der Waals surface area contributed by atoms with E-state index in [1.165, 1.54) is 0 Å². The van der Waals surface area contributed by atoms with Crippen LogP contribution in [0.2, 0.25) is 0 Å². The van der Waals surface area contributed by atoms with Gasteiger partial charge in [0, 0.05) is 43.9 Å². The van der Waals surface area contributed by atoms with Crippen molar-refractivity contribution in [1.82, 2.24) is 14.7 Å². The van der Waals surface area contributed by atoms with Crippen LogP contribution in [-0.2, 0) is 22.9 Å². The second kappa shape index (κ2) is 6.29. The lowest BCUT2D eigenvalue weighted by Crippen LogP contribution is -2.25. The van der Waals surface area contributed by atoms with Crippen molar-refractivity contribution in [3.05, 3.63) is 58.5 Å². The highest BCUT2D eigenvalue weighted by Gasteiger charge is 2.50. The summed E-state index contributed by atoms with van der Waals surface area (Å²) in [7, 11) is -3.25. The Bertz CT molecular complexity index is 1090. The van der Waals surface area contributed by atoms with Gasteiger partial charge < -0.3 is 0 Å². The van der Waals surface area contributed by atoms with E-state index in [9.17, 15) is 8.42 Å². The van der Waals surface area contributed by atoms with Crippen LogP contribution in [0, 0.1) is 0 Å². The lowest BCUT2D eigenvalue weighted by atomic mass is 9.95. The summed E-state index contributed by atoms with van der Waals surface area (Å²) in [6, 6.07) is 7.93. The third kappa shape index (κ3) is 2.76. The van der Waals surface area contributed by atoms with Crippen molar-refractivity contribution < 1.29 is 8.42 Å². The van der Waals surface area contributed by atoms with Crippen molar-refractivity contribution in [2.45, 2.75) is 36.1 Å². The number of hydrogen-bond donors (Lipinski definition) is 0. The van der Waals surface area contributed by atoms with Gasteiger partial charge in [-0.2, -0.15) is 16.4 Å². The van der Waals surface area contributed by atoms with Crippen LogP contribution >= 0.6 is 11.3 Å². The normalized spacial score (nSPS) is 23.4. The molecule has 1 fully saturated rings. The first-order valence-electron chi connectivity index (χ1n) is 9.20. The number of thiophene rings is 1. The summed E-state index contributed by atoms with van der Waals surface area (Å²) in [6.07, 6.45) is 3.93. The molecule has 5 rings (SSSR count). The van der Waals surface area contributed by atoms with Gasteiger partial charge in [0.25, 0.3) is 0 Å². The summed E-state index contributed by atoms with van der Waals surface area (Å²) in [5.41, 5.74) is 4.40. The van der Waals surface area contributed by atoms with Gasteiger partial charge in [-0.3, -0.25) is 9.58 Å². The molecule has 140 valence electrons. The van der Waals surface area contributed by atoms with E-state index >= 15 is 0 Å². The van der Waals surface area contributed by atoms with Crippen LogP contribution < -0.4 is 0 Å². The third-order valence-corrected chi connectivity index (χ3v) is 8.67. The van der Waals surface area contributed by atoms with Crippen molar-refractivity contribution >= 4 is 21.2 Å². The van der Waals surface area contributed by atoms with Crippen LogP contribution in [0.1, 0.15) is 24.0 Å². The minimum Gasteiger partial charge on any atom is -0.297 e. The molecule has 1 saturated heterocycles. The molecule has 2 atom stereocenters. The summed E-state index contributed by atoms with van der Waals surface area (Å²) in [5.74, 6) is 0.0600. The van der Waals surface area contributed by atoms with Crippen LogP contribution in [0.4, 0.5) is 0 Å². The molecular weight excluding hydrogens is 378 g/mol. The first-order valence-corrected chi connectivity index (χ1v) is 11.7. The first kappa shape index (κ1) is 17.2. The smallest absolute Gasteiger partial charge is 0.183 e. The van der Waals surface area contributed by atoms with E-state index in [0.29, 0.717) is 11.4 Å². The fourth-order valence-corrected chi connectivity index (χ4v) is 7.24. The molecule has 7 heteroatoms. The second-order valence-corrected chi connectivity index (χ2v) is 10.3. The molecular formula is C20H21N3O2S2. The number of aromatic nitrogens is 2. The predicted molar refractivity (Wildman–Crippen MR) is 107 cm³/mol. The molecule has 0 amide bonds. The zero-order chi connectivity index (χ0) is 18.6. The van der Waals surface area contributed by atoms with Crippen molar-refractivity contribution in [2.75, 3.05) is 13.1 Å². The largest absolute Gasteiger partial charge is 0.297 e. The Morgan fingerprint density at radius 3 is 2.85 bits per heavy atom. The maximum atomic E-state index is 13.1. The van der Waals surface area contributed by atoms with E-state index in [4.69, 9.17) is 0 Å². The molecule has 0 saturated carbocycles. The monoisotopic (exact) mass is 399 g/mol. The number of rotatable bonds is 4. The highest BCUT2D eigenvalue weighted by Crippen LogP contribution is 2.46. The zero-order valence-corrected chi connectivity index (χ0v) is 16.7. The molecule has 3 aromatic rings. The van der Waals surface area contributed by atoms with Crippen LogP contribution in [0.3, 0.4) is 0 Å². The topological polar surface area (TPSA) is 55.2 Å². The highest BCUT2D eigenvalue weighted by atomic mass is 32.2. The molecule has 1 aromatic carbocycles. The number of hydrogen-bond acceptors (Lipinski definition) is 5. The number of benzene rings is 1. The first-order chi connectivity index (χ1) is 13.1. The van der Waals surface area contributed by atoms with Crippen LogP contribution in [0.5, 0.6) is 0 Å². The van der Waals surface area contributed by atoms with Gasteiger partial charge in [-0.15, -0.1) is 0 Å². The Balaban J connectivity index is 1.45. The molecule has 0 radical (unpaired) electrons. The Morgan fingerprint density at radius 1 is 1.22 bits per heavy atom. The van der Waals surface area contributed by atoms with Crippen molar-refractivity contribution in [3.8, 4) is 11.1 Å². The van der Waals surface area contributed by atoms with E-state index < -0.39 is 9.84 Å². The Hall–Kier alpha value is -1.96. The van der Waals surface area contributed by atoms with Crippen LogP contribution in [0.25, 0.3) is 11.1 Å². The molecule has 0 unspecified atom stereocenters. The minimum atomic E-state index is -3.25. The fraction of sp³-hybridized carbons (Fsp3) is 0.350. The number of fused-ring (bicyclic) bond motifs is 3. The number of sulfone groups is 1. The molecule has 0 bridgehead atoms. The van der Waals surface area contributed by atoms with E-state index in [1.54, 1.807) is 11.3 Å².